The van der Waals surface area contributed by atoms with Crippen LogP contribution in [0.25, 0.3) is 0 Å². The molecule has 1 aromatic heterocycles. The normalized spacial score (nSPS) is 17.3. The van der Waals surface area contributed by atoms with Crippen LogP contribution in [0.4, 0.5) is 0 Å². The molecule has 0 radical (unpaired) electrons. The van der Waals surface area contributed by atoms with Crippen LogP contribution in [0.1, 0.15) is 10.4 Å². The molecule has 144 valence electrons. The van der Waals surface area contributed by atoms with Gasteiger partial charge in [0.2, 0.25) is 6.79 Å². The van der Waals surface area contributed by atoms with Gasteiger partial charge in [-0.15, -0.1) is 11.3 Å². The maximum absolute atomic E-state index is 12.8. The summed E-state index contributed by atoms with van der Waals surface area (Å²) >= 11 is 10.6. The molecular weight excluding hydrogens is 480 g/mol. The Morgan fingerprint density at radius 1 is 1.15 bits per heavy atom. The zero-order valence-electron chi connectivity index (χ0n) is 13.9. The summed E-state index contributed by atoms with van der Waals surface area (Å²) in [6, 6.07) is 6.43. The number of rotatable bonds is 3. The molecule has 0 unspecified atom stereocenters. The molecular formula is C16H14BrClN2O5S2. The molecule has 2 aromatic rings. The summed E-state index contributed by atoms with van der Waals surface area (Å²) in [4.78, 5) is 14.4. The lowest BCUT2D eigenvalue weighted by Crippen LogP contribution is -2.50. The highest BCUT2D eigenvalue weighted by Crippen LogP contribution is 2.40. The molecule has 0 saturated carbocycles. The van der Waals surface area contributed by atoms with Crippen LogP contribution in [0.15, 0.2) is 32.3 Å². The first-order valence-corrected chi connectivity index (χ1v) is 11.4. The minimum atomic E-state index is -3.54. The number of amides is 1. The van der Waals surface area contributed by atoms with E-state index in [4.69, 9.17) is 21.1 Å². The predicted molar refractivity (Wildman–Crippen MR) is 104 cm³/mol. The largest absolute Gasteiger partial charge is 0.454 e. The van der Waals surface area contributed by atoms with E-state index in [-0.39, 0.29) is 30.0 Å². The summed E-state index contributed by atoms with van der Waals surface area (Å²) in [6.07, 6.45) is 0. The molecule has 1 aromatic carbocycles. The number of ether oxygens (including phenoxy) is 2. The summed E-state index contributed by atoms with van der Waals surface area (Å²) in [5.41, 5.74) is 0.391. The van der Waals surface area contributed by atoms with Crippen molar-refractivity contribution in [1.82, 2.24) is 9.21 Å². The van der Waals surface area contributed by atoms with Crippen LogP contribution < -0.4 is 9.47 Å². The SMILES string of the molecule is O=C(c1cc(Cl)c2c(c1)OCO2)N1CCN(S(=O)(=O)c2ccc(Br)s2)CC1. The zero-order valence-corrected chi connectivity index (χ0v) is 17.8. The minimum absolute atomic E-state index is 0.0715. The van der Waals surface area contributed by atoms with E-state index in [1.807, 2.05) is 0 Å². The van der Waals surface area contributed by atoms with Crippen LogP contribution in [-0.4, -0.2) is 56.5 Å². The van der Waals surface area contributed by atoms with Gasteiger partial charge in [-0.25, -0.2) is 8.42 Å². The van der Waals surface area contributed by atoms with Gasteiger partial charge in [0, 0.05) is 31.7 Å². The molecule has 1 fully saturated rings. The molecule has 11 heteroatoms. The van der Waals surface area contributed by atoms with Gasteiger partial charge in [-0.1, -0.05) is 11.6 Å². The maximum Gasteiger partial charge on any atom is 0.254 e. The van der Waals surface area contributed by atoms with Gasteiger partial charge in [0.25, 0.3) is 15.9 Å². The molecule has 1 saturated heterocycles. The van der Waals surface area contributed by atoms with Crippen LogP contribution in [0.3, 0.4) is 0 Å². The van der Waals surface area contributed by atoms with E-state index in [1.165, 1.54) is 15.6 Å². The zero-order chi connectivity index (χ0) is 19.2. The lowest BCUT2D eigenvalue weighted by molar-refractivity contribution is 0.0697. The summed E-state index contributed by atoms with van der Waals surface area (Å²) in [5, 5.41) is 0.317. The van der Waals surface area contributed by atoms with Gasteiger partial charge in [0.15, 0.2) is 11.5 Å². The third-order valence-electron chi connectivity index (χ3n) is 4.34. The van der Waals surface area contributed by atoms with E-state index in [1.54, 1.807) is 29.2 Å². The van der Waals surface area contributed by atoms with Gasteiger partial charge >= 0.3 is 0 Å². The van der Waals surface area contributed by atoms with E-state index in [0.717, 1.165) is 3.79 Å². The number of fused-ring (bicyclic) bond motifs is 1. The Balaban J connectivity index is 1.46. The summed E-state index contributed by atoms with van der Waals surface area (Å²) in [7, 11) is -3.54. The fourth-order valence-electron chi connectivity index (χ4n) is 2.97. The van der Waals surface area contributed by atoms with Gasteiger partial charge in [-0.3, -0.25) is 4.79 Å². The molecule has 4 rings (SSSR count). The van der Waals surface area contributed by atoms with Crippen molar-refractivity contribution >= 4 is 54.8 Å². The van der Waals surface area contributed by atoms with Crippen molar-refractivity contribution in [2.45, 2.75) is 4.21 Å². The molecule has 3 heterocycles. The van der Waals surface area contributed by atoms with Crippen LogP contribution in [0.2, 0.25) is 5.02 Å². The molecule has 0 atom stereocenters. The van der Waals surface area contributed by atoms with E-state index in [0.29, 0.717) is 35.2 Å². The van der Waals surface area contributed by atoms with Gasteiger partial charge in [-0.05, 0) is 40.2 Å². The highest BCUT2D eigenvalue weighted by Gasteiger charge is 2.32. The number of hydrogen-bond donors (Lipinski definition) is 0. The molecule has 27 heavy (non-hydrogen) atoms. The number of benzene rings is 1. The Labute approximate surface area is 173 Å². The lowest BCUT2D eigenvalue weighted by Gasteiger charge is -2.33. The van der Waals surface area contributed by atoms with Crippen molar-refractivity contribution in [2.75, 3.05) is 33.0 Å². The van der Waals surface area contributed by atoms with Crippen molar-refractivity contribution in [3.05, 3.63) is 38.6 Å². The Morgan fingerprint density at radius 2 is 1.89 bits per heavy atom. The van der Waals surface area contributed by atoms with Crippen molar-refractivity contribution in [3.63, 3.8) is 0 Å². The second-order valence-electron chi connectivity index (χ2n) is 5.95. The Hall–Kier alpha value is -1.33. The van der Waals surface area contributed by atoms with Crippen LogP contribution in [0, 0.1) is 0 Å². The maximum atomic E-state index is 12.8. The highest BCUT2D eigenvalue weighted by atomic mass is 79.9. The van der Waals surface area contributed by atoms with E-state index >= 15 is 0 Å². The third kappa shape index (κ3) is 3.56. The second-order valence-corrected chi connectivity index (χ2v) is 11.0. The number of hydrogen-bond acceptors (Lipinski definition) is 6. The molecule has 0 N–H and O–H groups in total. The summed E-state index contributed by atoms with van der Waals surface area (Å²) in [6.45, 7) is 1.15. The first-order chi connectivity index (χ1) is 12.9. The number of nitrogens with zero attached hydrogens (tertiary/aromatic N) is 2. The van der Waals surface area contributed by atoms with Gasteiger partial charge < -0.3 is 14.4 Å². The first-order valence-electron chi connectivity index (χ1n) is 8.00. The summed E-state index contributed by atoms with van der Waals surface area (Å²) in [5.74, 6) is 0.660. The average Bonchev–Trinajstić information content (AvgIpc) is 3.30. The number of carbonyl (C=O) groups is 1. The Bertz CT molecular complexity index is 1000. The fraction of sp³-hybridized carbons (Fsp3) is 0.312. The predicted octanol–water partition coefficient (Wildman–Crippen LogP) is 3.04. The third-order valence-corrected chi connectivity index (χ3v) is 8.61. The topological polar surface area (TPSA) is 76.2 Å². The smallest absolute Gasteiger partial charge is 0.254 e. The number of halogens is 2. The quantitative estimate of drug-likeness (QED) is 0.657. The standard InChI is InChI=1S/C16H14BrClN2O5S2/c17-13-1-2-14(26-13)27(22,23)20-5-3-19(4-6-20)16(21)10-7-11(18)15-12(8-10)24-9-25-15/h1-2,7-8H,3-6,9H2. The monoisotopic (exact) mass is 492 g/mol. The van der Waals surface area contributed by atoms with Crippen molar-refractivity contribution in [1.29, 1.82) is 0 Å². The van der Waals surface area contributed by atoms with Gasteiger partial charge in [0.1, 0.15) is 4.21 Å². The van der Waals surface area contributed by atoms with Crippen LogP contribution >= 0.6 is 38.9 Å². The van der Waals surface area contributed by atoms with Gasteiger partial charge in [0.05, 0.1) is 8.81 Å². The molecule has 0 bridgehead atoms. The van der Waals surface area contributed by atoms with Crippen LogP contribution in [0.5, 0.6) is 11.5 Å². The van der Waals surface area contributed by atoms with E-state index < -0.39 is 10.0 Å². The van der Waals surface area contributed by atoms with E-state index in [9.17, 15) is 13.2 Å². The lowest BCUT2D eigenvalue weighted by atomic mass is 10.1. The number of piperazine rings is 1. The highest BCUT2D eigenvalue weighted by molar-refractivity contribution is 9.11. The fourth-order valence-corrected chi connectivity index (χ4v) is 6.82. The van der Waals surface area contributed by atoms with Gasteiger partial charge in [-0.2, -0.15) is 4.31 Å². The minimum Gasteiger partial charge on any atom is -0.454 e. The summed E-state index contributed by atoms with van der Waals surface area (Å²) < 4.78 is 38.4. The number of sulfonamides is 1. The average molecular weight is 494 g/mol. The molecule has 0 spiro atoms. The number of thiophene rings is 1. The van der Waals surface area contributed by atoms with Crippen molar-refractivity contribution in [3.8, 4) is 11.5 Å². The molecule has 7 nitrogen and oxygen atoms in total. The van der Waals surface area contributed by atoms with Crippen LogP contribution in [-0.2, 0) is 10.0 Å². The number of carbonyl (C=O) groups excluding carboxylic acids is 1. The van der Waals surface area contributed by atoms with Crippen molar-refractivity contribution < 1.29 is 22.7 Å². The molecule has 1 amide bonds. The Morgan fingerprint density at radius 3 is 2.56 bits per heavy atom. The van der Waals surface area contributed by atoms with E-state index in [2.05, 4.69) is 15.9 Å². The second kappa shape index (κ2) is 7.25. The Kier molecular flexibility index (Phi) is 5.10. The molecule has 2 aliphatic rings. The van der Waals surface area contributed by atoms with Crippen molar-refractivity contribution in [2.24, 2.45) is 0 Å². The molecule has 2 aliphatic heterocycles. The first kappa shape index (κ1) is 19.0. The molecule has 0 aliphatic carbocycles.